The maximum atomic E-state index is 11.7. The van der Waals surface area contributed by atoms with E-state index in [1.54, 1.807) is 0 Å². The van der Waals surface area contributed by atoms with Crippen molar-refractivity contribution < 1.29 is 9.53 Å². The van der Waals surface area contributed by atoms with Crippen molar-refractivity contribution in [1.29, 1.82) is 0 Å². The normalized spacial score (nSPS) is 13.7. The predicted octanol–water partition coefficient (Wildman–Crippen LogP) is 3.91. The molecule has 0 fully saturated rings. The number of ketones is 1. The molecule has 0 unspecified atom stereocenters. The van der Waals surface area contributed by atoms with Crippen molar-refractivity contribution in [2.75, 3.05) is 6.61 Å². The van der Waals surface area contributed by atoms with Crippen molar-refractivity contribution in [2.45, 2.75) is 12.8 Å². The van der Waals surface area contributed by atoms with E-state index >= 15 is 0 Å². The van der Waals surface area contributed by atoms with Gasteiger partial charge in [-0.15, -0.1) is 0 Å². The molecule has 0 radical (unpaired) electrons. The Kier molecular flexibility index (Phi) is 3.64. The maximum absolute atomic E-state index is 11.7. The summed E-state index contributed by atoms with van der Waals surface area (Å²) in [4.78, 5) is 11.7. The van der Waals surface area contributed by atoms with E-state index < -0.39 is 0 Å². The highest BCUT2D eigenvalue weighted by Crippen LogP contribution is 2.26. The molecule has 2 aromatic rings. The minimum Gasteiger partial charge on any atom is -0.490 e. The molecular weight excluding hydrogens is 248 g/mol. The quantitative estimate of drug-likeness (QED) is 0.837. The molecule has 0 aromatic heterocycles. The standard InChI is InChI=1S/C18H16O2/c19-18-11-9-15-8-10-16(13-17(15)18)20-12-4-7-14-5-2-1-3-6-14/h1-8,10,13H,9,11-12H2/b7-4+. The molecule has 3 rings (SSSR count). The Hall–Kier alpha value is -2.35. The molecule has 0 atom stereocenters. The molecule has 0 bridgehead atoms. The molecule has 0 aliphatic heterocycles. The number of rotatable bonds is 4. The Labute approximate surface area is 118 Å². The molecule has 1 aliphatic carbocycles. The zero-order valence-corrected chi connectivity index (χ0v) is 11.2. The Morgan fingerprint density at radius 2 is 1.90 bits per heavy atom. The number of aryl methyl sites for hydroxylation is 1. The van der Waals surface area contributed by atoms with Crippen LogP contribution in [0.1, 0.15) is 27.9 Å². The molecule has 0 saturated carbocycles. The van der Waals surface area contributed by atoms with Gasteiger partial charge in [-0.3, -0.25) is 4.79 Å². The third kappa shape index (κ3) is 2.80. The van der Waals surface area contributed by atoms with E-state index in [0.717, 1.165) is 28.9 Å². The van der Waals surface area contributed by atoms with E-state index in [1.807, 2.05) is 60.7 Å². The molecular formula is C18H16O2. The smallest absolute Gasteiger partial charge is 0.163 e. The lowest BCUT2D eigenvalue weighted by Crippen LogP contribution is -1.96. The van der Waals surface area contributed by atoms with E-state index in [-0.39, 0.29) is 5.78 Å². The minimum atomic E-state index is 0.227. The number of ether oxygens (including phenoxy) is 1. The fraction of sp³-hybridized carbons (Fsp3) is 0.167. The van der Waals surface area contributed by atoms with Crippen LogP contribution in [0.5, 0.6) is 5.75 Å². The van der Waals surface area contributed by atoms with Gasteiger partial charge in [-0.1, -0.05) is 42.5 Å². The fourth-order valence-electron chi connectivity index (χ4n) is 2.40. The third-order valence-electron chi connectivity index (χ3n) is 3.46. The second kappa shape index (κ2) is 5.74. The van der Waals surface area contributed by atoms with Gasteiger partial charge in [0, 0.05) is 12.0 Å². The molecule has 0 spiro atoms. The first-order valence-electron chi connectivity index (χ1n) is 6.83. The summed E-state index contributed by atoms with van der Waals surface area (Å²) in [6.45, 7) is 0.502. The Balaban J connectivity index is 1.61. The molecule has 20 heavy (non-hydrogen) atoms. The Morgan fingerprint density at radius 1 is 1.05 bits per heavy atom. The van der Waals surface area contributed by atoms with Crippen molar-refractivity contribution in [2.24, 2.45) is 0 Å². The van der Waals surface area contributed by atoms with Gasteiger partial charge in [-0.2, -0.15) is 0 Å². The lowest BCUT2D eigenvalue weighted by atomic mass is 10.1. The molecule has 2 aromatic carbocycles. The van der Waals surface area contributed by atoms with Crippen LogP contribution in [0.2, 0.25) is 0 Å². The van der Waals surface area contributed by atoms with Gasteiger partial charge in [0.1, 0.15) is 12.4 Å². The number of carbonyl (C=O) groups is 1. The summed E-state index contributed by atoms with van der Waals surface area (Å²) in [6.07, 6.45) is 5.50. The fourth-order valence-corrected chi connectivity index (χ4v) is 2.40. The molecule has 100 valence electrons. The van der Waals surface area contributed by atoms with Gasteiger partial charge >= 0.3 is 0 Å². The number of Topliss-reactive ketones (excluding diaryl/α,β-unsaturated/α-hetero) is 1. The van der Waals surface area contributed by atoms with Crippen LogP contribution in [-0.2, 0) is 6.42 Å². The van der Waals surface area contributed by atoms with Crippen LogP contribution < -0.4 is 4.74 Å². The van der Waals surface area contributed by atoms with Crippen molar-refractivity contribution in [3.63, 3.8) is 0 Å². The number of hydrogen-bond donors (Lipinski definition) is 0. The van der Waals surface area contributed by atoms with E-state index in [2.05, 4.69) is 0 Å². The molecule has 1 aliphatic rings. The van der Waals surface area contributed by atoms with E-state index in [4.69, 9.17) is 4.74 Å². The van der Waals surface area contributed by atoms with Gasteiger partial charge in [0.05, 0.1) is 0 Å². The van der Waals surface area contributed by atoms with Crippen LogP contribution in [-0.4, -0.2) is 12.4 Å². The first-order valence-corrected chi connectivity index (χ1v) is 6.83. The Bertz CT molecular complexity index is 642. The number of carbonyl (C=O) groups excluding carboxylic acids is 1. The average Bonchev–Trinajstić information content (AvgIpc) is 2.86. The largest absolute Gasteiger partial charge is 0.490 e. The van der Waals surface area contributed by atoms with E-state index in [9.17, 15) is 4.79 Å². The van der Waals surface area contributed by atoms with Gasteiger partial charge in [0.15, 0.2) is 5.78 Å². The van der Waals surface area contributed by atoms with Crippen LogP contribution in [0, 0.1) is 0 Å². The van der Waals surface area contributed by atoms with Crippen LogP contribution in [0.4, 0.5) is 0 Å². The second-order valence-electron chi connectivity index (χ2n) is 4.87. The average molecular weight is 264 g/mol. The highest BCUT2D eigenvalue weighted by Gasteiger charge is 2.19. The topological polar surface area (TPSA) is 26.3 Å². The first-order chi connectivity index (χ1) is 9.83. The minimum absolute atomic E-state index is 0.227. The summed E-state index contributed by atoms with van der Waals surface area (Å²) < 4.78 is 5.66. The third-order valence-corrected chi connectivity index (χ3v) is 3.46. The summed E-state index contributed by atoms with van der Waals surface area (Å²) in [6, 6.07) is 15.9. The summed E-state index contributed by atoms with van der Waals surface area (Å²) in [5.74, 6) is 0.988. The van der Waals surface area contributed by atoms with Crippen molar-refractivity contribution >= 4 is 11.9 Å². The monoisotopic (exact) mass is 264 g/mol. The number of hydrogen-bond acceptors (Lipinski definition) is 2. The van der Waals surface area contributed by atoms with Gasteiger partial charge in [0.2, 0.25) is 0 Å². The molecule has 0 amide bonds. The van der Waals surface area contributed by atoms with Crippen LogP contribution >= 0.6 is 0 Å². The van der Waals surface area contributed by atoms with Crippen LogP contribution in [0.3, 0.4) is 0 Å². The van der Waals surface area contributed by atoms with Crippen molar-refractivity contribution in [3.8, 4) is 5.75 Å². The molecule has 2 nitrogen and oxygen atoms in total. The predicted molar refractivity (Wildman–Crippen MR) is 80.1 cm³/mol. The van der Waals surface area contributed by atoms with Crippen molar-refractivity contribution in [3.05, 3.63) is 71.3 Å². The summed E-state index contributed by atoms with van der Waals surface area (Å²) >= 11 is 0. The van der Waals surface area contributed by atoms with E-state index in [1.165, 1.54) is 0 Å². The summed E-state index contributed by atoms with van der Waals surface area (Å²) in [5.41, 5.74) is 3.12. The maximum Gasteiger partial charge on any atom is 0.163 e. The van der Waals surface area contributed by atoms with E-state index in [0.29, 0.717) is 13.0 Å². The molecule has 0 heterocycles. The van der Waals surface area contributed by atoms with Crippen LogP contribution in [0.25, 0.3) is 6.08 Å². The number of benzene rings is 2. The highest BCUT2D eigenvalue weighted by atomic mass is 16.5. The zero-order chi connectivity index (χ0) is 13.8. The van der Waals surface area contributed by atoms with Gasteiger partial charge < -0.3 is 4.74 Å². The molecule has 0 saturated heterocycles. The van der Waals surface area contributed by atoms with Crippen LogP contribution in [0.15, 0.2) is 54.6 Å². The first kappa shape index (κ1) is 12.7. The highest BCUT2D eigenvalue weighted by molar-refractivity contribution is 6.00. The summed E-state index contributed by atoms with van der Waals surface area (Å²) in [7, 11) is 0. The second-order valence-corrected chi connectivity index (χ2v) is 4.87. The van der Waals surface area contributed by atoms with Crippen molar-refractivity contribution in [1.82, 2.24) is 0 Å². The molecule has 0 N–H and O–H groups in total. The van der Waals surface area contributed by atoms with Gasteiger partial charge in [0.25, 0.3) is 0 Å². The van der Waals surface area contributed by atoms with Gasteiger partial charge in [-0.25, -0.2) is 0 Å². The zero-order valence-electron chi connectivity index (χ0n) is 11.2. The number of fused-ring (bicyclic) bond motifs is 1. The summed E-state index contributed by atoms with van der Waals surface area (Å²) in [5, 5.41) is 0. The lowest BCUT2D eigenvalue weighted by Gasteiger charge is -2.05. The SMILES string of the molecule is O=C1CCc2ccc(OC/C=C/c3ccccc3)cc21. The van der Waals surface area contributed by atoms with Gasteiger partial charge in [-0.05, 0) is 35.8 Å². The Morgan fingerprint density at radius 3 is 2.75 bits per heavy atom. The lowest BCUT2D eigenvalue weighted by molar-refractivity contribution is 0.0994. The molecule has 2 heteroatoms.